The fourth-order valence-corrected chi connectivity index (χ4v) is 4.79. The zero-order chi connectivity index (χ0) is 21.0. The Balaban J connectivity index is 1.42. The van der Waals surface area contributed by atoms with Crippen molar-refractivity contribution < 1.29 is 19.4 Å². The summed E-state index contributed by atoms with van der Waals surface area (Å²) in [5, 5.41) is 13.8. The molecule has 2 aromatic heterocycles. The minimum atomic E-state index is -0.873. The molecule has 2 amide bonds. The van der Waals surface area contributed by atoms with Crippen LogP contribution < -0.4 is 10.7 Å². The Morgan fingerprint density at radius 3 is 2.97 bits per heavy atom. The second-order valence-corrected chi connectivity index (χ2v) is 8.44. The number of ether oxygens (including phenoxy) is 1. The van der Waals surface area contributed by atoms with Gasteiger partial charge in [0, 0.05) is 6.20 Å². The average Bonchev–Trinajstić information content (AvgIpc) is 3.32. The van der Waals surface area contributed by atoms with E-state index in [-0.39, 0.29) is 30.4 Å². The summed E-state index contributed by atoms with van der Waals surface area (Å²) in [6.07, 6.45) is 0.827. The molecule has 2 N–H and O–H groups in total. The highest BCUT2D eigenvalue weighted by atomic mass is 32.1. The average molecular weight is 426 g/mol. The smallest absolute Gasteiger partial charge is 0.276 e. The molecule has 154 valence electrons. The lowest BCUT2D eigenvalue weighted by Crippen LogP contribution is -2.49. The molecule has 1 aromatic carbocycles. The number of pyridine rings is 1. The van der Waals surface area contributed by atoms with Crippen molar-refractivity contribution in [3.63, 3.8) is 0 Å². The van der Waals surface area contributed by atoms with Crippen LogP contribution in [0.25, 0.3) is 10.2 Å². The topological polar surface area (TPSA) is 114 Å². The van der Waals surface area contributed by atoms with Gasteiger partial charge in [0.1, 0.15) is 10.6 Å². The highest BCUT2D eigenvalue weighted by Gasteiger charge is 2.42. The quantitative estimate of drug-likeness (QED) is 0.653. The number of rotatable bonds is 3. The lowest BCUT2D eigenvalue weighted by atomic mass is 10.1. The lowest BCUT2D eigenvalue weighted by Gasteiger charge is -2.33. The number of thiazole rings is 1. The summed E-state index contributed by atoms with van der Waals surface area (Å²) in [4.78, 5) is 44.0. The van der Waals surface area contributed by atoms with Crippen LogP contribution in [-0.2, 0) is 17.8 Å². The number of amides is 2. The van der Waals surface area contributed by atoms with Crippen LogP contribution in [0.15, 0.2) is 35.3 Å². The minimum Gasteiger partial charge on any atom is -0.503 e. The third kappa shape index (κ3) is 2.87. The maximum atomic E-state index is 12.8. The summed E-state index contributed by atoms with van der Waals surface area (Å²) in [6.45, 7) is 2.60. The number of aromatic hydroxyl groups is 1. The van der Waals surface area contributed by atoms with Crippen molar-refractivity contribution in [3.05, 3.63) is 57.0 Å². The highest BCUT2D eigenvalue weighted by Crippen LogP contribution is 2.29. The van der Waals surface area contributed by atoms with Crippen LogP contribution in [0.2, 0.25) is 0 Å². The van der Waals surface area contributed by atoms with E-state index in [2.05, 4.69) is 10.3 Å². The monoisotopic (exact) mass is 426 g/mol. The summed E-state index contributed by atoms with van der Waals surface area (Å²) in [5.41, 5.74) is -0.379. The summed E-state index contributed by atoms with van der Waals surface area (Å²) in [5.74, 6) is -1.84. The van der Waals surface area contributed by atoms with Crippen molar-refractivity contribution in [1.82, 2.24) is 19.8 Å². The number of carbonyl (C=O) groups excluding carboxylic acids is 2. The summed E-state index contributed by atoms with van der Waals surface area (Å²) < 4.78 is 8.04. The standard InChI is InChI=1S/C20H18N4O5S/c1-10-9-29-15-8-23-7-11(17(25)18(26)16(23)20(28)24(10)15)19(27)21-6-14-22-12-4-2-3-5-13(12)30-14/h2-5,7,10,15,26H,6,8-9H2,1H3,(H,21,27)/t10-,15+/m0/s1. The van der Waals surface area contributed by atoms with Crippen LogP contribution in [0.1, 0.15) is 32.8 Å². The van der Waals surface area contributed by atoms with Crippen molar-refractivity contribution in [1.29, 1.82) is 0 Å². The van der Waals surface area contributed by atoms with Crippen LogP contribution in [0, 0.1) is 0 Å². The molecular formula is C20H18N4O5S. The fourth-order valence-electron chi connectivity index (χ4n) is 3.88. The number of fused-ring (bicyclic) bond motifs is 3. The Morgan fingerprint density at radius 2 is 2.17 bits per heavy atom. The number of nitrogens with zero attached hydrogens (tertiary/aromatic N) is 3. The van der Waals surface area contributed by atoms with E-state index >= 15 is 0 Å². The third-order valence-corrected chi connectivity index (χ3v) is 6.38. The molecule has 10 heteroatoms. The third-order valence-electron chi connectivity index (χ3n) is 5.34. The fraction of sp³-hybridized carbons (Fsp3) is 0.300. The van der Waals surface area contributed by atoms with Crippen molar-refractivity contribution in [2.45, 2.75) is 32.3 Å². The number of hydrogen-bond acceptors (Lipinski definition) is 7. The first-order valence-corrected chi connectivity index (χ1v) is 10.3. The van der Waals surface area contributed by atoms with E-state index in [1.807, 2.05) is 31.2 Å². The van der Waals surface area contributed by atoms with Crippen LogP contribution >= 0.6 is 11.3 Å². The van der Waals surface area contributed by atoms with Gasteiger partial charge in [-0.2, -0.15) is 0 Å². The molecule has 1 saturated heterocycles. The van der Waals surface area contributed by atoms with Gasteiger partial charge in [0.25, 0.3) is 11.8 Å². The molecule has 0 aliphatic carbocycles. The van der Waals surface area contributed by atoms with Crippen LogP contribution in [-0.4, -0.2) is 50.2 Å². The van der Waals surface area contributed by atoms with Crippen LogP contribution in [0.3, 0.4) is 0 Å². The molecule has 2 atom stereocenters. The Kier molecular flexibility index (Phi) is 4.33. The number of carbonyl (C=O) groups is 2. The Bertz CT molecular complexity index is 1220. The van der Waals surface area contributed by atoms with Crippen molar-refractivity contribution in [2.24, 2.45) is 0 Å². The van der Waals surface area contributed by atoms with Gasteiger partial charge in [0.05, 0.1) is 36.0 Å². The summed E-state index contributed by atoms with van der Waals surface area (Å²) >= 11 is 1.45. The molecule has 30 heavy (non-hydrogen) atoms. The number of aromatic nitrogens is 2. The molecule has 0 bridgehead atoms. The van der Waals surface area contributed by atoms with Gasteiger partial charge in [-0.1, -0.05) is 12.1 Å². The van der Waals surface area contributed by atoms with Gasteiger partial charge in [-0.3, -0.25) is 14.4 Å². The van der Waals surface area contributed by atoms with Gasteiger partial charge in [-0.25, -0.2) is 4.98 Å². The number of hydrogen-bond donors (Lipinski definition) is 2. The molecule has 0 radical (unpaired) electrons. The van der Waals surface area contributed by atoms with E-state index in [1.54, 1.807) is 0 Å². The predicted molar refractivity (Wildman–Crippen MR) is 109 cm³/mol. The zero-order valence-electron chi connectivity index (χ0n) is 16.0. The summed E-state index contributed by atoms with van der Waals surface area (Å²) in [6, 6.07) is 7.48. The number of para-hydroxylation sites is 1. The van der Waals surface area contributed by atoms with Gasteiger partial charge >= 0.3 is 0 Å². The minimum absolute atomic E-state index is 0.115. The van der Waals surface area contributed by atoms with E-state index in [4.69, 9.17) is 4.74 Å². The molecule has 2 aliphatic heterocycles. The van der Waals surface area contributed by atoms with Gasteiger partial charge in [0.2, 0.25) is 5.43 Å². The largest absolute Gasteiger partial charge is 0.503 e. The lowest BCUT2D eigenvalue weighted by molar-refractivity contribution is 0.00624. The molecule has 2 aliphatic rings. The van der Waals surface area contributed by atoms with Gasteiger partial charge < -0.3 is 24.6 Å². The maximum Gasteiger partial charge on any atom is 0.276 e. The van der Waals surface area contributed by atoms with Gasteiger partial charge in [-0.05, 0) is 19.1 Å². The zero-order valence-corrected chi connectivity index (χ0v) is 16.8. The Labute approximate surface area is 174 Å². The second kappa shape index (κ2) is 6.92. The van der Waals surface area contributed by atoms with E-state index in [0.717, 1.165) is 10.2 Å². The molecule has 4 heterocycles. The Morgan fingerprint density at radius 1 is 1.37 bits per heavy atom. The first-order chi connectivity index (χ1) is 14.4. The molecule has 0 unspecified atom stereocenters. The van der Waals surface area contributed by atoms with Gasteiger partial charge in [0.15, 0.2) is 17.7 Å². The normalized spacial score (nSPS) is 20.3. The van der Waals surface area contributed by atoms with Gasteiger partial charge in [-0.15, -0.1) is 11.3 Å². The molecule has 0 saturated carbocycles. The maximum absolute atomic E-state index is 12.8. The van der Waals surface area contributed by atoms with Crippen LogP contribution in [0.4, 0.5) is 0 Å². The van der Waals surface area contributed by atoms with Crippen molar-refractivity contribution in [2.75, 3.05) is 6.61 Å². The molecule has 9 nitrogen and oxygen atoms in total. The SMILES string of the molecule is C[C@H]1CO[C@@H]2Cn3cc(C(=O)NCc4nc5ccccc5s4)c(=O)c(O)c3C(=O)N12. The van der Waals surface area contributed by atoms with E-state index in [9.17, 15) is 19.5 Å². The molecule has 0 spiro atoms. The number of nitrogens with one attached hydrogen (secondary N) is 1. The first kappa shape index (κ1) is 18.8. The van der Waals surface area contributed by atoms with Crippen LogP contribution in [0.5, 0.6) is 5.75 Å². The summed E-state index contributed by atoms with van der Waals surface area (Å²) in [7, 11) is 0. The number of benzene rings is 1. The molecule has 5 rings (SSSR count). The highest BCUT2D eigenvalue weighted by molar-refractivity contribution is 7.18. The Hall–Kier alpha value is -3.24. The van der Waals surface area contributed by atoms with E-state index in [1.165, 1.54) is 27.0 Å². The van der Waals surface area contributed by atoms with Crippen molar-refractivity contribution in [3.8, 4) is 5.75 Å². The first-order valence-electron chi connectivity index (χ1n) is 9.47. The van der Waals surface area contributed by atoms with Crippen molar-refractivity contribution >= 4 is 33.4 Å². The molecular weight excluding hydrogens is 408 g/mol. The molecule has 1 fully saturated rings. The predicted octanol–water partition coefficient (Wildman–Crippen LogP) is 1.29. The second-order valence-electron chi connectivity index (χ2n) is 7.33. The van der Waals surface area contributed by atoms with E-state index in [0.29, 0.717) is 11.6 Å². The van der Waals surface area contributed by atoms with E-state index < -0.39 is 29.2 Å². The molecule has 3 aromatic rings.